The van der Waals surface area contributed by atoms with Gasteiger partial charge in [0.15, 0.2) is 0 Å². The summed E-state index contributed by atoms with van der Waals surface area (Å²) in [4.78, 5) is 11.9. The molecule has 0 heterocycles. The minimum Gasteiger partial charge on any atom is -0.449 e. The van der Waals surface area contributed by atoms with Gasteiger partial charge in [0, 0.05) is 13.0 Å². The Morgan fingerprint density at radius 1 is 1.17 bits per heavy atom. The Bertz CT molecular complexity index is 733. The number of hydrogen-bond donors (Lipinski definition) is 1. The third-order valence-electron chi connectivity index (χ3n) is 4.25. The van der Waals surface area contributed by atoms with Gasteiger partial charge in [0.2, 0.25) is 0 Å². The lowest BCUT2D eigenvalue weighted by Crippen LogP contribution is -2.33. The largest absolute Gasteiger partial charge is 0.449 e. The zero-order valence-electron chi connectivity index (χ0n) is 13.5. The summed E-state index contributed by atoms with van der Waals surface area (Å²) in [7, 11) is 1.50. The quantitative estimate of drug-likeness (QED) is 0.861. The van der Waals surface area contributed by atoms with Gasteiger partial charge in [-0.1, -0.05) is 54.5 Å². The summed E-state index contributed by atoms with van der Waals surface area (Å²) >= 11 is 0. The molecule has 1 N–H and O–H groups in total. The average Bonchev–Trinajstić information content (AvgIpc) is 2.95. The molecule has 1 aliphatic rings. The zero-order valence-corrected chi connectivity index (χ0v) is 13.5. The molecule has 0 aliphatic heterocycles. The lowest BCUT2D eigenvalue weighted by Gasteiger charge is -2.15. The lowest BCUT2D eigenvalue weighted by molar-refractivity contribution is 0.123. The van der Waals surface area contributed by atoms with Gasteiger partial charge < -0.3 is 14.8 Å². The second-order valence-corrected chi connectivity index (χ2v) is 5.60. The van der Waals surface area contributed by atoms with Crippen molar-refractivity contribution in [1.82, 2.24) is 5.32 Å². The first kappa shape index (κ1) is 16.1. The van der Waals surface area contributed by atoms with Crippen molar-refractivity contribution >= 4 is 6.09 Å². The number of fused-ring (bicyclic) bond motifs is 3. The Morgan fingerprint density at radius 3 is 2.29 bits per heavy atom. The van der Waals surface area contributed by atoms with E-state index in [4.69, 9.17) is 15.9 Å². The van der Waals surface area contributed by atoms with Crippen molar-refractivity contribution in [3.8, 4) is 23.5 Å². The van der Waals surface area contributed by atoms with E-state index in [1.807, 2.05) is 24.3 Å². The topological polar surface area (TPSA) is 47.6 Å². The second-order valence-electron chi connectivity index (χ2n) is 5.60. The highest BCUT2D eigenvalue weighted by atomic mass is 16.5. The average molecular weight is 321 g/mol. The molecule has 2 aromatic carbocycles. The molecule has 1 aliphatic carbocycles. The highest BCUT2D eigenvalue weighted by molar-refractivity contribution is 5.79. The van der Waals surface area contributed by atoms with Gasteiger partial charge in [-0.2, -0.15) is 0 Å². The maximum Gasteiger partial charge on any atom is 0.407 e. The van der Waals surface area contributed by atoms with E-state index in [9.17, 15) is 4.79 Å². The minimum atomic E-state index is -0.492. The number of carbonyl (C=O) groups is 1. The monoisotopic (exact) mass is 321 g/mol. The van der Waals surface area contributed by atoms with E-state index < -0.39 is 12.2 Å². The van der Waals surface area contributed by atoms with Crippen LogP contribution in [-0.4, -0.2) is 32.5 Å². The smallest absolute Gasteiger partial charge is 0.407 e. The first-order valence-electron chi connectivity index (χ1n) is 7.82. The maximum atomic E-state index is 11.9. The third kappa shape index (κ3) is 3.12. The molecule has 0 fully saturated rings. The fourth-order valence-electron chi connectivity index (χ4n) is 3.04. The van der Waals surface area contributed by atoms with Crippen molar-refractivity contribution in [1.29, 1.82) is 0 Å². The van der Waals surface area contributed by atoms with Crippen LogP contribution in [0.2, 0.25) is 0 Å². The molecule has 2 aromatic rings. The van der Waals surface area contributed by atoms with E-state index >= 15 is 0 Å². The number of alkyl carbamates (subject to hydrolysis) is 1. The molecule has 122 valence electrons. The highest BCUT2D eigenvalue weighted by Gasteiger charge is 2.28. The van der Waals surface area contributed by atoms with Crippen LogP contribution < -0.4 is 5.32 Å². The van der Waals surface area contributed by atoms with Crippen molar-refractivity contribution in [3.05, 3.63) is 59.7 Å². The molecule has 0 saturated heterocycles. The second kappa shape index (κ2) is 7.20. The van der Waals surface area contributed by atoms with Crippen molar-refractivity contribution in [3.63, 3.8) is 0 Å². The summed E-state index contributed by atoms with van der Waals surface area (Å²) in [5.41, 5.74) is 4.78. The summed E-state index contributed by atoms with van der Waals surface area (Å²) in [5, 5.41) is 2.63. The van der Waals surface area contributed by atoms with Gasteiger partial charge in [0.05, 0.1) is 6.54 Å². The van der Waals surface area contributed by atoms with Gasteiger partial charge in [-0.15, -0.1) is 6.42 Å². The SMILES string of the molecule is C#CC(CNC(=O)OCC1c2ccccc2-c2ccccc21)OC. The number of terminal acetylenes is 1. The number of hydrogen-bond acceptors (Lipinski definition) is 3. The first-order valence-corrected chi connectivity index (χ1v) is 7.82. The Morgan fingerprint density at radius 2 is 1.75 bits per heavy atom. The third-order valence-corrected chi connectivity index (χ3v) is 4.25. The fraction of sp³-hybridized carbons (Fsp3) is 0.250. The number of amides is 1. The van der Waals surface area contributed by atoms with Crippen LogP contribution in [0, 0.1) is 12.3 Å². The molecule has 4 nitrogen and oxygen atoms in total. The Labute approximate surface area is 141 Å². The predicted molar refractivity (Wildman–Crippen MR) is 92.7 cm³/mol. The standard InChI is InChI=1S/C20H19NO3/c1-3-14(23-2)12-21-20(22)24-13-19-17-10-6-4-8-15(17)16-9-5-7-11-18(16)19/h1,4-11,14,19H,12-13H2,2H3,(H,21,22). The number of nitrogens with one attached hydrogen (secondary N) is 1. The van der Waals surface area contributed by atoms with Crippen LogP contribution >= 0.6 is 0 Å². The number of benzene rings is 2. The Hall–Kier alpha value is -2.77. The Kier molecular flexibility index (Phi) is 4.83. The molecule has 3 rings (SSSR count). The lowest BCUT2D eigenvalue weighted by atomic mass is 9.98. The summed E-state index contributed by atoms with van der Waals surface area (Å²) in [5.74, 6) is 2.49. The first-order chi connectivity index (χ1) is 11.7. The van der Waals surface area contributed by atoms with E-state index in [1.165, 1.54) is 29.4 Å². The molecule has 0 radical (unpaired) electrons. The van der Waals surface area contributed by atoms with Crippen LogP contribution in [0.1, 0.15) is 17.0 Å². The van der Waals surface area contributed by atoms with Crippen LogP contribution in [-0.2, 0) is 9.47 Å². The Balaban J connectivity index is 1.68. The van der Waals surface area contributed by atoms with Crippen LogP contribution in [0.25, 0.3) is 11.1 Å². The van der Waals surface area contributed by atoms with Crippen LogP contribution in [0.4, 0.5) is 4.79 Å². The molecular weight excluding hydrogens is 302 g/mol. The van der Waals surface area contributed by atoms with Crippen molar-refractivity contribution in [2.75, 3.05) is 20.3 Å². The molecule has 24 heavy (non-hydrogen) atoms. The van der Waals surface area contributed by atoms with Crippen LogP contribution in [0.15, 0.2) is 48.5 Å². The van der Waals surface area contributed by atoms with Gasteiger partial charge >= 0.3 is 6.09 Å². The van der Waals surface area contributed by atoms with E-state index in [1.54, 1.807) is 0 Å². The summed E-state index contributed by atoms with van der Waals surface area (Å²) in [6.07, 6.45) is 4.34. The molecule has 1 amide bonds. The summed E-state index contributed by atoms with van der Waals surface area (Å²) in [6, 6.07) is 16.4. The molecule has 0 aromatic heterocycles. The van der Waals surface area contributed by atoms with E-state index in [-0.39, 0.29) is 19.1 Å². The predicted octanol–water partition coefficient (Wildman–Crippen LogP) is 3.17. The van der Waals surface area contributed by atoms with E-state index in [0.717, 1.165) is 0 Å². The summed E-state index contributed by atoms with van der Waals surface area (Å²) in [6.45, 7) is 0.511. The minimum absolute atomic E-state index is 0.0500. The van der Waals surface area contributed by atoms with Crippen molar-refractivity contribution < 1.29 is 14.3 Å². The highest BCUT2D eigenvalue weighted by Crippen LogP contribution is 2.44. The van der Waals surface area contributed by atoms with Gasteiger partial charge in [0.1, 0.15) is 12.7 Å². The molecule has 1 unspecified atom stereocenters. The summed E-state index contributed by atoms with van der Waals surface area (Å²) < 4.78 is 10.4. The van der Waals surface area contributed by atoms with Crippen molar-refractivity contribution in [2.45, 2.75) is 12.0 Å². The zero-order chi connectivity index (χ0) is 16.9. The van der Waals surface area contributed by atoms with E-state index in [2.05, 4.69) is 35.5 Å². The molecule has 0 spiro atoms. The van der Waals surface area contributed by atoms with Gasteiger partial charge in [0.25, 0.3) is 0 Å². The molecule has 0 bridgehead atoms. The maximum absolute atomic E-state index is 11.9. The number of ether oxygens (including phenoxy) is 2. The molecular formula is C20H19NO3. The number of rotatable bonds is 5. The molecule has 1 atom stereocenters. The van der Waals surface area contributed by atoms with Crippen LogP contribution in [0.5, 0.6) is 0 Å². The van der Waals surface area contributed by atoms with Crippen molar-refractivity contribution in [2.24, 2.45) is 0 Å². The normalized spacial score (nSPS) is 13.5. The number of methoxy groups -OCH3 is 1. The van der Waals surface area contributed by atoms with Gasteiger partial charge in [-0.05, 0) is 22.3 Å². The fourth-order valence-corrected chi connectivity index (χ4v) is 3.04. The van der Waals surface area contributed by atoms with Gasteiger partial charge in [-0.25, -0.2) is 4.79 Å². The van der Waals surface area contributed by atoms with Gasteiger partial charge in [-0.3, -0.25) is 0 Å². The van der Waals surface area contributed by atoms with E-state index in [0.29, 0.717) is 0 Å². The molecule has 4 heteroatoms. The molecule has 0 saturated carbocycles. The van der Waals surface area contributed by atoms with Crippen LogP contribution in [0.3, 0.4) is 0 Å². The number of carbonyl (C=O) groups excluding carboxylic acids is 1.